The Morgan fingerprint density at radius 3 is 2.55 bits per heavy atom. The molecule has 0 bridgehead atoms. The standard InChI is InChI=1S/C16H23NO4S/c1-16(2)8-9-17(10-11-22(16,20)21)15(19)12-14(18)13-6-4-3-5-7-13/h3-7,14,18H,8-12H2,1-2H3. The zero-order valence-corrected chi connectivity index (χ0v) is 13.8. The quantitative estimate of drug-likeness (QED) is 0.915. The molecule has 1 atom stereocenters. The Hall–Kier alpha value is -1.40. The van der Waals surface area contributed by atoms with E-state index in [4.69, 9.17) is 0 Å². The summed E-state index contributed by atoms with van der Waals surface area (Å²) in [5.74, 6) is -0.225. The minimum Gasteiger partial charge on any atom is -0.388 e. The van der Waals surface area contributed by atoms with Gasteiger partial charge in [0, 0.05) is 13.1 Å². The third kappa shape index (κ3) is 3.67. The summed E-state index contributed by atoms with van der Waals surface area (Å²) in [4.78, 5) is 13.9. The molecular formula is C16H23NO4S. The number of hydrogen-bond acceptors (Lipinski definition) is 4. The fourth-order valence-corrected chi connectivity index (χ4v) is 3.93. The number of hydrogen-bond donors (Lipinski definition) is 1. The molecule has 22 heavy (non-hydrogen) atoms. The molecule has 1 heterocycles. The Kier molecular flexibility index (Phi) is 4.92. The molecule has 1 amide bonds. The number of rotatable bonds is 3. The predicted octanol–water partition coefficient (Wildman–Crippen LogP) is 1.54. The van der Waals surface area contributed by atoms with Crippen molar-refractivity contribution in [1.29, 1.82) is 0 Å². The zero-order valence-electron chi connectivity index (χ0n) is 13.0. The highest BCUT2D eigenvalue weighted by atomic mass is 32.2. The maximum Gasteiger partial charge on any atom is 0.225 e. The topological polar surface area (TPSA) is 74.7 Å². The first-order valence-corrected chi connectivity index (χ1v) is 9.11. The van der Waals surface area contributed by atoms with Crippen molar-refractivity contribution in [3.05, 3.63) is 35.9 Å². The molecule has 1 saturated heterocycles. The van der Waals surface area contributed by atoms with Crippen molar-refractivity contribution in [3.8, 4) is 0 Å². The molecule has 0 aliphatic carbocycles. The Balaban J connectivity index is 2.02. The lowest BCUT2D eigenvalue weighted by Gasteiger charge is -2.23. The molecule has 1 unspecified atom stereocenters. The van der Waals surface area contributed by atoms with Gasteiger partial charge in [0.2, 0.25) is 5.91 Å². The SMILES string of the molecule is CC1(C)CCN(C(=O)CC(O)c2ccccc2)CCS1(=O)=O. The smallest absolute Gasteiger partial charge is 0.225 e. The van der Waals surface area contributed by atoms with Crippen LogP contribution in [0.15, 0.2) is 30.3 Å². The summed E-state index contributed by atoms with van der Waals surface area (Å²) in [6, 6.07) is 9.01. The van der Waals surface area contributed by atoms with Gasteiger partial charge in [-0.05, 0) is 25.8 Å². The number of carbonyl (C=O) groups is 1. The van der Waals surface area contributed by atoms with E-state index in [0.29, 0.717) is 18.5 Å². The molecule has 5 nitrogen and oxygen atoms in total. The van der Waals surface area contributed by atoms with Crippen LogP contribution in [0, 0.1) is 0 Å². The number of sulfone groups is 1. The highest BCUT2D eigenvalue weighted by molar-refractivity contribution is 7.92. The molecule has 122 valence electrons. The van der Waals surface area contributed by atoms with Crippen LogP contribution in [-0.2, 0) is 14.6 Å². The van der Waals surface area contributed by atoms with E-state index in [1.807, 2.05) is 18.2 Å². The Morgan fingerprint density at radius 1 is 1.27 bits per heavy atom. The molecule has 1 fully saturated rings. The van der Waals surface area contributed by atoms with Gasteiger partial charge in [-0.25, -0.2) is 8.42 Å². The molecule has 6 heteroatoms. The van der Waals surface area contributed by atoms with Crippen LogP contribution in [0.5, 0.6) is 0 Å². The van der Waals surface area contributed by atoms with Crippen LogP contribution in [0.3, 0.4) is 0 Å². The average molecular weight is 325 g/mol. The van der Waals surface area contributed by atoms with Crippen molar-refractivity contribution in [1.82, 2.24) is 4.90 Å². The first-order chi connectivity index (χ1) is 10.2. The van der Waals surface area contributed by atoms with E-state index in [1.54, 1.807) is 30.9 Å². The van der Waals surface area contributed by atoms with Crippen molar-refractivity contribution >= 4 is 15.7 Å². The van der Waals surface area contributed by atoms with E-state index in [-0.39, 0.29) is 24.6 Å². The van der Waals surface area contributed by atoms with Crippen LogP contribution < -0.4 is 0 Å². The third-order valence-electron chi connectivity index (χ3n) is 4.36. The number of nitrogens with zero attached hydrogens (tertiary/aromatic N) is 1. The minimum absolute atomic E-state index is 0.0207. The van der Waals surface area contributed by atoms with Crippen LogP contribution in [0.4, 0.5) is 0 Å². The fourth-order valence-electron chi connectivity index (χ4n) is 2.52. The Morgan fingerprint density at radius 2 is 1.91 bits per heavy atom. The molecule has 1 aromatic rings. The third-order valence-corrected chi connectivity index (χ3v) is 6.97. The molecule has 1 N–H and O–H groups in total. The van der Waals surface area contributed by atoms with Crippen molar-refractivity contribution < 1.29 is 18.3 Å². The van der Waals surface area contributed by atoms with Gasteiger partial charge in [0.1, 0.15) is 0 Å². The summed E-state index contributed by atoms with van der Waals surface area (Å²) in [5, 5.41) is 10.1. The van der Waals surface area contributed by atoms with Crippen LogP contribution in [0.1, 0.15) is 38.4 Å². The highest BCUT2D eigenvalue weighted by Crippen LogP contribution is 2.26. The van der Waals surface area contributed by atoms with E-state index in [9.17, 15) is 18.3 Å². The summed E-state index contributed by atoms with van der Waals surface area (Å²) >= 11 is 0. The first-order valence-electron chi connectivity index (χ1n) is 7.46. The van der Waals surface area contributed by atoms with Gasteiger partial charge in [-0.1, -0.05) is 30.3 Å². The maximum absolute atomic E-state index is 12.3. The molecule has 0 aromatic heterocycles. The first kappa shape index (κ1) is 17.0. The van der Waals surface area contributed by atoms with Gasteiger partial charge < -0.3 is 10.0 Å². The summed E-state index contributed by atoms with van der Waals surface area (Å²) < 4.78 is 23.5. The van der Waals surface area contributed by atoms with Crippen LogP contribution in [0.25, 0.3) is 0 Å². The van der Waals surface area contributed by atoms with Gasteiger partial charge in [-0.15, -0.1) is 0 Å². The average Bonchev–Trinajstić information content (AvgIpc) is 2.57. The second-order valence-electron chi connectivity index (χ2n) is 6.34. The van der Waals surface area contributed by atoms with Crippen LogP contribution in [-0.4, -0.2) is 47.9 Å². The van der Waals surface area contributed by atoms with Crippen LogP contribution >= 0.6 is 0 Å². The second-order valence-corrected chi connectivity index (χ2v) is 9.08. The minimum atomic E-state index is -3.20. The van der Waals surface area contributed by atoms with E-state index < -0.39 is 20.7 Å². The maximum atomic E-state index is 12.3. The van der Waals surface area contributed by atoms with Gasteiger partial charge in [-0.2, -0.15) is 0 Å². The summed E-state index contributed by atoms with van der Waals surface area (Å²) in [6.45, 7) is 4.02. The molecule has 0 saturated carbocycles. The lowest BCUT2D eigenvalue weighted by Crippen LogP contribution is -2.34. The highest BCUT2D eigenvalue weighted by Gasteiger charge is 2.38. The number of amides is 1. The van der Waals surface area contributed by atoms with Gasteiger partial charge in [0.05, 0.1) is 23.0 Å². The number of aliphatic hydroxyl groups is 1. The number of carbonyl (C=O) groups excluding carboxylic acids is 1. The predicted molar refractivity (Wildman–Crippen MR) is 85.1 cm³/mol. The monoisotopic (exact) mass is 325 g/mol. The van der Waals surface area contributed by atoms with Crippen LogP contribution in [0.2, 0.25) is 0 Å². The van der Waals surface area contributed by atoms with Gasteiger partial charge >= 0.3 is 0 Å². The summed E-state index contributed by atoms with van der Waals surface area (Å²) in [5.41, 5.74) is 0.693. The van der Waals surface area contributed by atoms with E-state index in [1.165, 1.54) is 0 Å². The molecule has 0 spiro atoms. The molecule has 0 radical (unpaired) electrons. The van der Waals surface area contributed by atoms with E-state index in [0.717, 1.165) is 0 Å². The molecule has 1 aliphatic heterocycles. The summed E-state index contributed by atoms with van der Waals surface area (Å²) in [6.07, 6.45) is -0.464. The normalized spacial score (nSPS) is 21.9. The number of benzene rings is 1. The lowest BCUT2D eigenvalue weighted by molar-refractivity contribution is -0.133. The van der Waals surface area contributed by atoms with Gasteiger partial charge in [0.25, 0.3) is 0 Å². The van der Waals surface area contributed by atoms with Crippen molar-refractivity contribution in [3.63, 3.8) is 0 Å². The second kappa shape index (κ2) is 6.38. The number of aliphatic hydroxyl groups excluding tert-OH is 1. The molecular weight excluding hydrogens is 302 g/mol. The van der Waals surface area contributed by atoms with Crippen molar-refractivity contribution in [2.75, 3.05) is 18.8 Å². The molecule has 1 aliphatic rings. The van der Waals surface area contributed by atoms with Crippen molar-refractivity contribution in [2.45, 2.75) is 37.5 Å². The summed E-state index contributed by atoms with van der Waals surface area (Å²) in [7, 11) is -3.20. The largest absolute Gasteiger partial charge is 0.388 e. The molecule has 2 rings (SSSR count). The molecule has 1 aromatic carbocycles. The van der Waals surface area contributed by atoms with E-state index in [2.05, 4.69) is 0 Å². The lowest BCUT2D eigenvalue weighted by atomic mass is 10.1. The Labute approximate surface area is 131 Å². The fraction of sp³-hybridized carbons (Fsp3) is 0.562. The van der Waals surface area contributed by atoms with Gasteiger partial charge in [0.15, 0.2) is 9.84 Å². The Bertz CT molecular complexity index is 625. The zero-order chi connectivity index (χ0) is 16.4. The van der Waals surface area contributed by atoms with Gasteiger partial charge in [-0.3, -0.25) is 4.79 Å². The van der Waals surface area contributed by atoms with E-state index >= 15 is 0 Å². The van der Waals surface area contributed by atoms with Crippen molar-refractivity contribution in [2.24, 2.45) is 0 Å².